The zero-order valence-electron chi connectivity index (χ0n) is 10.7. The van der Waals surface area contributed by atoms with Crippen molar-refractivity contribution in [3.63, 3.8) is 0 Å². The average Bonchev–Trinajstić information content (AvgIpc) is 2.37. The number of rotatable bonds is 1. The van der Waals surface area contributed by atoms with Crippen LogP contribution in [0.1, 0.15) is 36.8 Å². The van der Waals surface area contributed by atoms with Gasteiger partial charge in [0.2, 0.25) is 0 Å². The maximum absolute atomic E-state index is 13.7. The van der Waals surface area contributed by atoms with Crippen LogP contribution in [-0.2, 0) is 10.8 Å². The highest BCUT2D eigenvalue weighted by molar-refractivity contribution is 7.86. The van der Waals surface area contributed by atoms with Crippen molar-refractivity contribution in [3.8, 4) is 6.07 Å². The molecule has 2 nitrogen and oxygen atoms in total. The summed E-state index contributed by atoms with van der Waals surface area (Å²) in [5.41, 5.74) is 0.767. The molecule has 3 rings (SSSR count). The normalized spacial score (nSPS) is 28.6. The fourth-order valence-electron chi connectivity index (χ4n) is 2.98. The number of benzene rings is 1. The SMILES string of the molecule is N#Cc1c(F)cc(C2=CC3CCCC(C2)S3=O)cc1F. The smallest absolute Gasteiger partial charge is 0.144 e. The molecular weight excluding hydrogens is 280 g/mol. The summed E-state index contributed by atoms with van der Waals surface area (Å²) in [6.45, 7) is 0. The first-order chi connectivity index (χ1) is 9.60. The average molecular weight is 293 g/mol. The van der Waals surface area contributed by atoms with E-state index >= 15 is 0 Å². The Balaban J connectivity index is 2.02. The maximum atomic E-state index is 13.7. The van der Waals surface area contributed by atoms with Gasteiger partial charge < -0.3 is 0 Å². The van der Waals surface area contributed by atoms with Gasteiger partial charge in [0, 0.05) is 16.0 Å². The van der Waals surface area contributed by atoms with E-state index in [9.17, 15) is 13.0 Å². The highest BCUT2D eigenvalue weighted by atomic mass is 32.2. The monoisotopic (exact) mass is 293 g/mol. The van der Waals surface area contributed by atoms with E-state index < -0.39 is 28.0 Å². The Morgan fingerprint density at radius 3 is 2.55 bits per heavy atom. The van der Waals surface area contributed by atoms with Gasteiger partial charge in [0.15, 0.2) is 0 Å². The van der Waals surface area contributed by atoms with Crippen LogP contribution in [0.2, 0.25) is 0 Å². The summed E-state index contributed by atoms with van der Waals surface area (Å²) < 4.78 is 39.5. The number of nitrogens with zero attached hydrogens (tertiary/aromatic N) is 1. The number of halogens is 2. The van der Waals surface area contributed by atoms with Crippen molar-refractivity contribution in [1.82, 2.24) is 0 Å². The molecule has 104 valence electrons. The van der Waals surface area contributed by atoms with Crippen molar-refractivity contribution in [3.05, 3.63) is 41.0 Å². The minimum atomic E-state index is -0.863. The highest BCUT2D eigenvalue weighted by Crippen LogP contribution is 2.37. The third-order valence-electron chi connectivity index (χ3n) is 4.00. The van der Waals surface area contributed by atoms with Crippen molar-refractivity contribution in [2.24, 2.45) is 0 Å². The van der Waals surface area contributed by atoms with Crippen LogP contribution in [0.5, 0.6) is 0 Å². The standard InChI is InChI=1S/C15H13F2NOS/c16-14-6-10(7-15(17)13(14)8-18)9-4-11-2-1-3-12(5-9)20(11)19/h4,6-7,11-12H,1-3,5H2. The van der Waals surface area contributed by atoms with Gasteiger partial charge in [-0.3, -0.25) is 4.21 Å². The van der Waals surface area contributed by atoms with Gasteiger partial charge in [-0.2, -0.15) is 5.26 Å². The van der Waals surface area contributed by atoms with Crippen molar-refractivity contribution in [2.45, 2.75) is 36.2 Å². The number of hydrogen-bond donors (Lipinski definition) is 0. The predicted octanol–water partition coefficient (Wildman–Crippen LogP) is 3.29. The van der Waals surface area contributed by atoms with E-state index in [1.807, 2.05) is 6.08 Å². The first kappa shape index (κ1) is 13.4. The molecule has 0 saturated carbocycles. The van der Waals surface area contributed by atoms with Gasteiger partial charge in [-0.05, 0) is 42.5 Å². The van der Waals surface area contributed by atoms with Crippen molar-refractivity contribution in [1.29, 1.82) is 5.26 Å². The maximum Gasteiger partial charge on any atom is 0.144 e. The third-order valence-corrected chi connectivity index (χ3v) is 6.03. The molecule has 0 radical (unpaired) electrons. The number of allylic oxidation sites excluding steroid dienone is 1. The second-order valence-electron chi connectivity index (χ2n) is 5.24. The summed E-state index contributed by atoms with van der Waals surface area (Å²) in [6.07, 6.45) is 5.32. The molecule has 0 aromatic heterocycles. The lowest BCUT2D eigenvalue weighted by Gasteiger charge is -2.32. The van der Waals surface area contributed by atoms with Crippen LogP contribution in [0.4, 0.5) is 8.78 Å². The number of fused-ring (bicyclic) bond motifs is 2. The number of nitriles is 1. The van der Waals surface area contributed by atoms with E-state index in [1.54, 1.807) is 0 Å². The van der Waals surface area contributed by atoms with Gasteiger partial charge in [-0.15, -0.1) is 0 Å². The second kappa shape index (κ2) is 5.10. The van der Waals surface area contributed by atoms with Crippen LogP contribution in [0, 0.1) is 23.0 Å². The van der Waals surface area contributed by atoms with Crippen LogP contribution < -0.4 is 0 Å². The lowest BCUT2D eigenvalue weighted by Crippen LogP contribution is -2.33. The Hall–Kier alpha value is -1.54. The van der Waals surface area contributed by atoms with Crippen molar-refractivity contribution in [2.75, 3.05) is 0 Å². The third kappa shape index (κ3) is 2.18. The largest absolute Gasteiger partial charge is 0.259 e. The van der Waals surface area contributed by atoms with Crippen LogP contribution >= 0.6 is 0 Å². The molecule has 5 heteroatoms. The molecule has 2 heterocycles. The molecule has 3 atom stereocenters. The van der Waals surface area contributed by atoms with Crippen molar-refractivity contribution < 1.29 is 13.0 Å². The summed E-state index contributed by atoms with van der Waals surface area (Å²) in [5, 5.41) is 8.77. The lowest BCUT2D eigenvalue weighted by atomic mass is 9.92. The fraction of sp³-hybridized carbons (Fsp3) is 0.400. The summed E-state index contributed by atoms with van der Waals surface area (Å²) in [6, 6.07) is 3.93. The van der Waals surface area contributed by atoms with Crippen LogP contribution in [0.25, 0.3) is 5.57 Å². The Kier molecular flexibility index (Phi) is 3.43. The van der Waals surface area contributed by atoms with E-state index in [0.29, 0.717) is 12.0 Å². The van der Waals surface area contributed by atoms with Gasteiger partial charge in [-0.1, -0.05) is 12.5 Å². The molecule has 0 aliphatic carbocycles. The molecule has 1 aromatic rings. The zero-order chi connectivity index (χ0) is 14.3. The van der Waals surface area contributed by atoms with E-state index in [0.717, 1.165) is 24.8 Å². The van der Waals surface area contributed by atoms with E-state index in [4.69, 9.17) is 5.26 Å². The minimum Gasteiger partial charge on any atom is -0.259 e. The van der Waals surface area contributed by atoms with Crippen LogP contribution in [0.3, 0.4) is 0 Å². The Bertz CT molecular complexity index is 639. The summed E-state index contributed by atoms with van der Waals surface area (Å²) in [4.78, 5) is 0. The molecule has 1 aromatic carbocycles. The summed E-state index contributed by atoms with van der Waals surface area (Å²) in [7, 11) is -0.863. The van der Waals surface area contributed by atoms with Crippen LogP contribution in [0.15, 0.2) is 18.2 Å². The van der Waals surface area contributed by atoms with Crippen molar-refractivity contribution >= 4 is 16.4 Å². The van der Waals surface area contributed by atoms with E-state index in [2.05, 4.69) is 0 Å². The Labute approximate surface area is 118 Å². The van der Waals surface area contributed by atoms with Gasteiger partial charge in [-0.25, -0.2) is 8.78 Å². The summed E-state index contributed by atoms with van der Waals surface area (Å²) in [5.74, 6) is -1.67. The molecule has 2 aliphatic rings. The van der Waals surface area contributed by atoms with E-state index in [-0.39, 0.29) is 10.5 Å². The van der Waals surface area contributed by atoms with Gasteiger partial charge >= 0.3 is 0 Å². The first-order valence-corrected chi connectivity index (χ1v) is 7.87. The quantitative estimate of drug-likeness (QED) is 0.797. The fourth-order valence-corrected chi connectivity index (χ4v) is 4.91. The Morgan fingerprint density at radius 2 is 1.95 bits per heavy atom. The van der Waals surface area contributed by atoms with Crippen LogP contribution in [-0.4, -0.2) is 14.7 Å². The Morgan fingerprint density at radius 1 is 1.25 bits per heavy atom. The lowest BCUT2D eigenvalue weighted by molar-refractivity contribution is 0.572. The molecule has 1 saturated heterocycles. The number of hydrogen-bond acceptors (Lipinski definition) is 2. The molecule has 0 spiro atoms. The molecule has 1 fully saturated rings. The molecular formula is C15H13F2NOS. The van der Waals surface area contributed by atoms with Gasteiger partial charge in [0.1, 0.15) is 23.3 Å². The predicted molar refractivity (Wildman–Crippen MR) is 73.2 cm³/mol. The molecule has 20 heavy (non-hydrogen) atoms. The molecule has 2 bridgehead atoms. The van der Waals surface area contributed by atoms with Gasteiger partial charge in [0.05, 0.1) is 5.25 Å². The molecule has 0 amide bonds. The minimum absolute atomic E-state index is 0.000680. The topological polar surface area (TPSA) is 40.9 Å². The summed E-state index contributed by atoms with van der Waals surface area (Å²) >= 11 is 0. The first-order valence-electron chi connectivity index (χ1n) is 6.59. The molecule has 0 N–H and O–H groups in total. The van der Waals surface area contributed by atoms with E-state index in [1.165, 1.54) is 18.2 Å². The van der Waals surface area contributed by atoms with Gasteiger partial charge in [0.25, 0.3) is 0 Å². The molecule has 3 unspecified atom stereocenters. The zero-order valence-corrected chi connectivity index (χ0v) is 11.6. The highest BCUT2D eigenvalue weighted by Gasteiger charge is 2.33. The molecule has 2 aliphatic heterocycles. The second-order valence-corrected chi connectivity index (χ2v) is 7.17.